The number of aromatic nitrogens is 4. The van der Waals surface area contributed by atoms with Gasteiger partial charge in [-0.05, 0) is 0 Å². The van der Waals surface area contributed by atoms with E-state index in [4.69, 9.17) is 19.6 Å². The van der Waals surface area contributed by atoms with Crippen molar-refractivity contribution in [3.05, 3.63) is 16.7 Å². The molecule has 34 heavy (non-hydrogen) atoms. The molecule has 1 fully saturated rings. The van der Waals surface area contributed by atoms with E-state index in [1.165, 1.54) is 0 Å². The minimum Gasteiger partial charge on any atom is -0.480 e. The fourth-order valence-corrected chi connectivity index (χ4v) is 3.34. The SMILES string of the molecule is O=C(O)[C@H](CCO)Nc1nc2c(ncn2[C@@H]2O[C@H](COP(=O)(O)O)[C@@H](O)[C@H]2O)c(=O)[nH]1.[Na+].[Na+].[Na+]. The summed E-state index contributed by atoms with van der Waals surface area (Å²) >= 11 is 0. The summed E-state index contributed by atoms with van der Waals surface area (Å²) in [4.78, 5) is 51.4. The van der Waals surface area contributed by atoms with Crippen molar-refractivity contribution in [2.45, 2.75) is 37.0 Å². The molecule has 2 aromatic rings. The number of aliphatic carboxylic acids is 1. The Morgan fingerprint density at radius 2 is 1.94 bits per heavy atom. The van der Waals surface area contributed by atoms with Crippen molar-refractivity contribution in [3.63, 3.8) is 0 Å². The summed E-state index contributed by atoms with van der Waals surface area (Å²) in [5, 5.41) is 41.0. The molecule has 3 rings (SSSR count). The van der Waals surface area contributed by atoms with Gasteiger partial charge in [-0.3, -0.25) is 18.9 Å². The molecular formula is C14H20N5Na3O11P+3. The van der Waals surface area contributed by atoms with Crippen molar-refractivity contribution < 1.29 is 138 Å². The van der Waals surface area contributed by atoms with Gasteiger partial charge in [0.25, 0.3) is 5.56 Å². The number of nitrogens with one attached hydrogen (secondary N) is 2. The molecule has 3 heterocycles. The fourth-order valence-electron chi connectivity index (χ4n) is 3.00. The second kappa shape index (κ2) is 14.5. The number of phosphoric ester groups is 1. The number of imidazole rings is 1. The number of hydrogen-bond donors (Lipinski definition) is 8. The molecule has 0 spiro atoms. The average Bonchev–Trinajstić information content (AvgIpc) is 3.21. The van der Waals surface area contributed by atoms with Gasteiger partial charge in [0.15, 0.2) is 17.4 Å². The summed E-state index contributed by atoms with van der Waals surface area (Å²) in [7, 11) is -4.85. The number of hydrogen-bond acceptors (Lipinski definition) is 11. The second-order valence-electron chi connectivity index (χ2n) is 6.62. The molecule has 2 aromatic heterocycles. The number of aliphatic hydroxyl groups is 3. The van der Waals surface area contributed by atoms with E-state index in [9.17, 15) is 29.5 Å². The van der Waals surface area contributed by atoms with E-state index in [1.54, 1.807) is 0 Å². The number of carboxylic acids is 1. The molecule has 1 aliphatic heterocycles. The van der Waals surface area contributed by atoms with Crippen LogP contribution >= 0.6 is 7.82 Å². The molecule has 0 bridgehead atoms. The maximum Gasteiger partial charge on any atom is 1.00 e. The third kappa shape index (κ3) is 8.29. The van der Waals surface area contributed by atoms with Crippen molar-refractivity contribution in [1.29, 1.82) is 0 Å². The molecule has 172 valence electrons. The minimum atomic E-state index is -4.85. The zero-order valence-corrected chi connectivity index (χ0v) is 25.5. The first kappa shape index (κ1) is 34.6. The molecule has 1 aliphatic rings. The Bertz CT molecular complexity index is 1070. The van der Waals surface area contributed by atoms with Gasteiger partial charge >= 0.3 is 102 Å². The van der Waals surface area contributed by atoms with Crippen LogP contribution in [0.5, 0.6) is 0 Å². The van der Waals surface area contributed by atoms with Gasteiger partial charge in [-0.1, -0.05) is 0 Å². The molecule has 0 unspecified atom stereocenters. The largest absolute Gasteiger partial charge is 1.00 e. The number of aliphatic hydroxyl groups excluding tert-OH is 3. The number of anilines is 1. The van der Waals surface area contributed by atoms with E-state index in [2.05, 4.69) is 24.8 Å². The monoisotopic (exact) mass is 534 g/mol. The number of carbonyl (C=O) groups is 1. The molecule has 0 aromatic carbocycles. The summed E-state index contributed by atoms with van der Waals surface area (Å²) in [5.41, 5.74) is -1.05. The Balaban J connectivity index is 0.00000363. The molecule has 8 N–H and O–H groups in total. The number of aromatic amines is 1. The van der Waals surface area contributed by atoms with E-state index in [0.29, 0.717) is 0 Å². The van der Waals surface area contributed by atoms with Gasteiger partial charge in [0, 0.05) is 13.0 Å². The van der Waals surface area contributed by atoms with E-state index in [-0.39, 0.29) is 112 Å². The molecule has 16 nitrogen and oxygen atoms in total. The van der Waals surface area contributed by atoms with Crippen LogP contribution in [0.15, 0.2) is 11.1 Å². The summed E-state index contributed by atoms with van der Waals surface area (Å²) < 4.78 is 21.7. The van der Waals surface area contributed by atoms with Gasteiger partial charge in [0.1, 0.15) is 24.4 Å². The van der Waals surface area contributed by atoms with E-state index >= 15 is 0 Å². The van der Waals surface area contributed by atoms with Crippen LogP contribution in [0.3, 0.4) is 0 Å². The van der Waals surface area contributed by atoms with Gasteiger partial charge < -0.3 is 40.3 Å². The summed E-state index contributed by atoms with van der Waals surface area (Å²) in [6.45, 7) is -1.17. The second-order valence-corrected chi connectivity index (χ2v) is 7.86. The van der Waals surface area contributed by atoms with Gasteiger partial charge in [-0.2, -0.15) is 4.98 Å². The van der Waals surface area contributed by atoms with Gasteiger partial charge in [0.2, 0.25) is 5.95 Å². The maximum absolute atomic E-state index is 12.3. The molecule has 0 amide bonds. The minimum absolute atomic E-state index is 0. The van der Waals surface area contributed by atoms with Crippen LogP contribution in [-0.4, -0.2) is 93.3 Å². The smallest absolute Gasteiger partial charge is 0.480 e. The van der Waals surface area contributed by atoms with Gasteiger partial charge in [-0.25, -0.2) is 14.3 Å². The van der Waals surface area contributed by atoms with Crippen molar-refractivity contribution in [2.75, 3.05) is 18.5 Å². The van der Waals surface area contributed by atoms with Crippen LogP contribution in [0.1, 0.15) is 12.6 Å². The van der Waals surface area contributed by atoms with Crippen molar-refractivity contribution >= 4 is 30.9 Å². The van der Waals surface area contributed by atoms with Crippen LogP contribution in [0, 0.1) is 0 Å². The third-order valence-corrected chi connectivity index (χ3v) is 4.96. The number of ether oxygens (including phenoxy) is 1. The predicted octanol–water partition coefficient (Wildman–Crippen LogP) is -11.9. The van der Waals surface area contributed by atoms with Crippen LogP contribution in [-0.2, 0) is 18.6 Å². The van der Waals surface area contributed by atoms with Crippen LogP contribution in [0.4, 0.5) is 5.95 Å². The number of nitrogens with zero attached hydrogens (tertiary/aromatic N) is 3. The number of phosphoric acid groups is 1. The number of fused-ring (bicyclic) bond motifs is 1. The molecule has 5 atom stereocenters. The first-order chi connectivity index (χ1) is 14.5. The maximum atomic E-state index is 12.3. The molecule has 20 heteroatoms. The zero-order valence-electron chi connectivity index (χ0n) is 18.6. The first-order valence-corrected chi connectivity index (χ1v) is 10.3. The number of H-pyrrole nitrogens is 1. The molecule has 0 saturated carbocycles. The standard InChI is InChI=1S/C14H20N5O11P.3Na/c20-2-1-5(13(24)25)16-14-17-10-7(11(23)18-14)15-4-19(10)12-9(22)8(21)6(30-12)3-29-31(26,27)28;;;/h4-6,8-9,12,20-22H,1-3H2,(H,24,25)(H2,26,27,28)(H2,16,17,18,23);;;/q;3*+1/t5-,6+,8+,9+,12+;;;/m0.../s1. The van der Waals surface area contributed by atoms with Crippen LogP contribution in [0.2, 0.25) is 0 Å². The summed E-state index contributed by atoms with van der Waals surface area (Å²) in [6.07, 6.45) is -4.93. The quantitative estimate of drug-likeness (QED) is 0.110. The Kier molecular flexibility index (Phi) is 14.7. The van der Waals surface area contributed by atoms with Crippen molar-refractivity contribution in [2.24, 2.45) is 0 Å². The third-order valence-electron chi connectivity index (χ3n) is 4.48. The summed E-state index contributed by atoms with van der Waals surface area (Å²) in [5.74, 6) is -1.55. The average molecular weight is 534 g/mol. The van der Waals surface area contributed by atoms with Crippen molar-refractivity contribution in [1.82, 2.24) is 19.5 Å². The number of rotatable bonds is 9. The summed E-state index contributed by atoms with van der Waals surface area (Å²) in [6, 6.07) is -1.26. The first-order valence-electron chi connectivity index (χ1n) is 8.80. The van der Waals surface area contributed by atoms with E-state index in [0.717, 1.165) is 10.9 Å². The van der Waals surface area contributed by atoms with E-state index < -0.39 is 63.1 Å². The van der Waals surface area contributed by atoms with Gasteiger partial charge in [-0.15, -0.1) is 0 Å². The topological polar surface area (TPSA) is 250 Å². The Morgan fingerprint density at radius 3 is 2.50 bits per heavy atom. The molecule has 1 saturated heterocycles. The van der Waals surface area contributed by atoms with Crippen LogP contribution < -0.4 is 99.5 Å². The normalized spacial score (nSPS) is 22.9. The van der Waals surface area contributed by atoms with Crippen molar-refractivity contribution in [3.8, 4) is 0 Å². The Morgan fingerprint density at radius 1 is 1.29 bits per heavy atom. The molecule has 0 aliphatic carbocycles. The molecular weight excluding hydrogens is 514 g/mol. The van der Waals surface area contributed by atoms with Gasteiger partial charge in [0.05, 0.1) is 12.9 Å². The van der Waals surface area contributed by atoms with E-state index in [1.807, 2.05) is 0 Å². The Hall–Kier alpha value is 0.570. The molecule has 0 radical (unpaired) electrons. The fraction of sp³-hybridized carbons (Fsp3) is 0.571. The number of carboxylic acid groups (broad SMARTS) is 1. The van der Waals surface area contributed by atoms with Crippen LogP contribution in [0.25, 0.3) is 11.2 Å². The predicted molar refractivity (Wildman–Crippen MR) is 98.8 cm³/mol. The zero-order chi connectivity index (χ0) is 22.9. The Labute approximate surface area is 257 Å².